The van der Waals surface area contributed by atoms with Gasteiger partial charge in [0.15, 0.2) is 11.5 Å². The Morgan fingerprint density at radius 3 is 2.71 bits per heavy atom. The molecule has 0 radical (unpaired) electrons. The summed E-state index contributed by atoms with van der Waals surface area (Å²) >= 11 is 0. The molecule has 3 rings (SSSR count). The van der Waals surface area contributed by atoms with Crippen LogP contribution in [0.4, 0.5) is 0 Å². The van der Waals surface area contributed by atoms with Crippen molar-refractivity contribution in [1.82, 2.24) is 10.3 Å². The van der Waals surface area contributed by atoms with E-state index in [4.69, 9.17) is 14.2 Å². The Morgan fingerprint density at radius 2 is 1.89 bits per heavy atom. The van der Waals surface area contributed by atoms with Crippen LogP contribution >= 0.6 is 0 Å². The van der Waals surface area contributed by atoms with Crippen molar-refractivity contribution >= 4 is 10.9 Å². The van der Waals surface area contributed by atoms with E-state index in [0.29, 0.717) is 36.9 Å². The number of hydrogen-bond acceptors (Lipinski definition) is 6. The van der Waals surface area contributed by atoms with E-state index in [1.165, 1.54) is 6.07 Å². The summed E-state index contributed by atoms with van der Waals surface area (Å²) in [6.07, 6.45) is -0.655. The first-order chi connectivity index (χ1) is 13.7. The number of aliphatic hydroxyl groups excluding tert-OH is 1. The fourth-order valence-corrected chi connectivity index (χ4v) is 2.71. The summed E-state index contributed by atoms with van der Waals surface area (Å²) in [5, 5.41) is 14.1. The highest BCUT2D eigenvalue weighted by atomic mass is 16.5. The monoisotopic (exact) mass is 384 g/mol. The van der Waals surface area contributed by atoms with E-state index in [-0.39, 0.29) is 12.2 Å². The molecule has 3 N–H and O–H groups in total. The summed E-state index contributed by atoms with van der Waals surface area (Å²) in [5.41, 5.74) is 0.606. The molecule has 0 saturated heterocycles. The minimum atomic E-state index is -0.655. The zero-order valence-corrected chi connectivity index (χ0v) is 15.7. The van der Waals surface area contributed by atoms with Gasteiger partial charge < -0.3 is 29.6 Å². The summed E-state index contributed by atoms with van der Waals surface area (Å²) < 4.78 is 16.5. The van der Waals surface area contributed by atoms with Gasteiger partial charge in [-0.3, -0.25) is 4.79 Å². The number of methoxy groups -OCH3 is 1. The van der Waals surface area contributed by atoms with Gasteiger partial charge in [-0.2, -0.15) is 0 Å². The molecule has 0 aliphatic carbocycles. The highest BCUT2D eigenvalue weighted by Gasteiger charge is 2.06. The summed E-state index contributed by atoms with van der Waals surface area (Å²) in [6.45, 7) is 1.58. The second-order valence-electron chi connectivity index (χ2n) is 6.24. The number of nitrogens with one attached hydrogen (secondary N) is 2. The third-order valence-corrected chi connectivity index (χ3v) is 4.12. The smallest absolute Gasteiger partial charge is 0.248 e. The summed E-state index contributed by atoms with van der Waals surface area (Å²) in [4.78, 5) is 14.1. The van der Waals surface area contributed by atoms with Gasteiger partial charge in [0.05, 0.1) is 7.11 Å². The fourth-order valence-electron chi connectivity index (χ4n) is 2.71. The van der Waals surface area contributed by atoms with Crippen LogP contribution in [0, 0.1) is 0 Å². The number of rotatable bonds is 10. The number of pyridine rings is 1. The van der Waals surface area contributed by atoms with Gasteiger partial charge in [-0.1, -0.05) is 12.1 Å². The molecule has 1 atom stereocenters. The minimum Gasteiger partial charge on any atom is -0.493 e. The molecular weight excluding hydrogens is 360 g/mol. The van der Waals surface area contributed by atoms with Crippen LogP contribution in [0.15, 0.2) is 59.4 Å². The van der Waals surface area contributed by atoms with Crippen molar-refractivity contribution in [2.75, 3.05) is 33.4 Å². The van der Waals surface area contributed by atoms with Gasteiger partial charge in [-0.05, 0) is 36.4 Å². The van der Waals surface area contributed by atoms with Crippen LogP contribution in [-0.2, 0) is 0 Å². The molecule has 1 aromatic heterocycles. The molecule has 1 heterocycles. The molecule has 0 aliphatic heterocycles. The van der Waals surface area contributed by atoms with Crippen molar-refractivity contribution in [3.63, 3.8) is 0 Å². The fraction of sp³-hybridized carbons (Fsp3) is 0.286. The highest BCUT2D eigenvalue weighted by molar-refractivity contribution is 5.79. The Balaban J connectivity index is 1.37. The van der Waals surface area contributed by atoms with Crippen molar-refractivity contribution in [3.05, 3.63) is 65.0 Å². The normalized spacial score (nSPS) is 11.9. The lowest BCUT2D eigenvalue weighted by molar-refractivity contribution is 0.105. The molecule has 0 bridgehead atoms. The zero-order chi connectivity index (χ0) is 19.8. The van der Waals surface area contributed by atoms with Gasteiger partial charge in [0.2, 0.25) is 5.56 Å². The van der Waals surface area contributed by atoms with Gasteiger partial charge in [0.25, 0.3) is 0 Å². The molecule has 7 nitrogen and oxygen atoms in total. The van der Waals surface area contributed by atoms with Crippen LogP contribution in [-0.4, -0.2) is 49.6 Å². The predicted molar refractivity (Wildman–Crippen MR) is 107 cm³/mol. The molecule has 0 amide bonds. The molecule has 0 fully saturated rings. The first-order valence-electron chi connectivity index (χ1n) is 9.06. The van der Waals surface area contributed by atoms with Gasteiger partial charge in [0.1, 0.15) is 25.1 Å². The maximum Gasteiger partial charge on any atom is 0.248 e. The number of fused-ring (bicyclic) bond motifs is 1. The van der Waals surface area contributed by atoms with E-state index >= 15 is 0 Å². The molecule has 0 aliphatic rings. The Kier molecular flexibility index (Phi) is 6.89. The van der Waals surface area contributed by atoms with E-state index in [9.17, 15) is 9.90 Å². The lowest BCUT2D eigenvalue weighted by atomic mass is 10.2. The van der Waals surface area contributed by atoms with Gasteiger partial charge in [0, 0.05) is 30.1 Å². The van der Waals surface area contributed by atoms with Crippen molar-refractivity contribution < 1.29 is 19.3 Å². The second kappa shape index (κ2) is 9.77. The number of ether oxygens (including phenoxy) is 3. The maximum atomic E-state index is 11.3. The minimum absolute atomic E-state index is 0.141. The topological polar surface area (TPSA) is 92.8 Å². The summed E-state index contributed by atoms with van der Waals surface area (Å²) in [5.74, 6) is 2.02. The Bertz CT molecular complexity index is 957. The van der Waals surface area contributed by atoms with Gasteiger partial charge in [-0.25, -0.2) is 0 Å². The lowest BCUT2D eigenvalue weighted by Crippen LogP contribution is -2.33. The number of H-pyrrole nitrogens is 1. The van der Waals surface area contributed by atoms with E-state index in [1.54, 1.807) is 25.3 Å². The van der Waals surface area contributed by atoms with E-state index in [1.807, 2.05) is 30.3 Å². The van der Waals surface area contributed by atoms with Crippen LogP contribution in [0.25, 0.3) is 10.9 Å². The van der Waals surface area contributed by atoms with Gasteiger partial charge >= 0.3 is 0 Å². The Hall–Kier alpha value is -3.03. The lowest BCUT2D eigenvalue weighted by Gasteiger charge is -2.14. The molecule has 1 unspecified atom stereocenters. The van der Waals surface area contributed by atoms with Crippen LogP contribution in [0.3, 0.4) is 0 Å². The molecule has 3 aromatic rings. The van der Waals surface area contributed by atoms with Crippen molar-refractivity contribution in [2.24, 2.45) is 0 Å². The van der Waals surface area contributed by atoms with Crippen LogP contribution < -0.4 is 25.1 Å². The SMILES string of the molecule is COc1ccccc1OCCNCC(O)COc1ccc2[nH]c(=O)ccc2c1. The van der Waals surface area contributed by atoms with Crippen molar-refractivity contribution in [3.8, 4) is 17.2 Å². The molecule has 2 aromatic carbocycles. The quantitative estimate of drug-likeness (QED) is 0.463. The van der Waals surface area contributed by atoms with Crippen molar-refractivity contribution in [1.29, 1.82) is 0 Å². The summed E-state index contributed by atoms with van der Waals surface area (Å²) in [6, 6.07) is 16.0. The molecule has 0 saturated carbocycles. The number of benzene rings is 2. The number of aliphatic hydroxyl groups is 1. The average Bonchev–Trinajstić information content (AvgIpc) is 2.72. The van der Waals surface area contributed by atoms with E-state index in [0.717, 1.165) is 10.9 Å². The second-order valence-corrected chi connectivity index (χ2v) is 6.24. The van der Waals surface area contributed by atoms with Crippen molar-refractivity contribution in [2.45, 2.75) is 6.10 Å². The molecule has 0 spiro atoms. The molecular formula is C21H24N2O5. The molecule has 28 heavy (non-hydrogen) atoms. The maximum absolute atomic E-state index is 11.3. The number of aromatic nitrogens is 1. The highest BCUT2D eigenvalue weighted by Crippen LogP contribution is 2.25. The number of hydrogen-bond donors (Lipinski definition) is 3. The Labute approximate surface area is 162 Å². The third-order valence-electron chi connectivity index (χ3n) is 4.12. The third kappa shape index (κ3) is 5.48. The largest absolute Gasteiger partial charge is 0.493 e. The zero-order valence-electron chi connectivity index (χ0n) is 15.7. The van der Waals surface area contributed by atoms with E-state index < -0.39 is 6.10 Å². The molecule has 7 heteroatoms. The van der Waals surface area contributed by atoms with Crippen LogP contribution in [0.1, 0.15) is 0 Å². The first kappa shape index (κ1) is 19.7. The first-order valence-corrected chi connectivity index (χ1v) is 9.06. The summed E-state index contributed by atoms with van der Waals surface area (Å²) in [7, 11) is 1.60. The van der Waals surface area contributed by atoms with E-state index in [2.05, 4.69) is 10.3 Å². The predicted octanol–water partition coefficient (Wildman–Crippen LogP) is 1.94. The molecule has 148 valence electrons. The standard InChI is InChI=1S/C21H24N2O5/c1-26-19-4-2-3-5-20(19)27-11-10-22-13-16(24)14-28-17-7-8-18-15(12-17)6-9-21(25)23-18/h2-9,12,16,22,24H,10-11,13-14H2,1H3,(H,23,25). The number of para-hydroxylation sites is 2. The van der Waals surface area contributed by atoms with Gasteiger partial charge in [-0.15, -0.1) is 0 Å². The van der Waals surface area contributed by atoms with Crippen LogP contribution in [0.5, 0.6) is 17.2 Å². The van der Waals surface area contributed by atoms with Crippen LogP contribution in [0.2, 0.25) is 0 Å². The number of aromatic amines is 1. The average molecular weight is 384 g/mol. The Morgan fingerprint density at radius 1 is 1.07 bits per heavy atom.